The molecule has 0 atom stereocenters. The van der Waals surface area contributed by atoms with E-state index in [0.717, 1.165) is 32.7 Å². The molecule has 0 unspecified atom stereocenters. The second-order valence-electron chi connectivity index (χ2n) is 5.79. The van der Waals surface area contributed by atoms with Crippen LogP contribution in [0.3, 0.4) is 0 Å². The Hall–Kier alpha value is -2.15. The number of hydrogen-bond acceptors (Lipinski definition) is 4. The zero-order valence-electron chi connectivity index (χ0n) is 14.6. The van der Waals surface area contributed by atoms with Crippen LogP contribution in [0.5, 0.6) is 0 Å². The van der Waals surface area contributed by atoms with Gasteiger partial charge < -0.3 is 14.5 Å². The van der Waals surface area contributed by atoms with Crippen LogP contribution in [0.1, 0.15) is 26.3 Å². The highest BCUT2D eigenvalue weighted by Gasteiger charge is 2.21. The number of benzene rings is 1. The average Bonchev–Trinajstić information content (AvgIpc) is 2.60. The summed E-state index contributed by atoms with van der Waals surface area (Å²) >= 11 is 0. The third-order valence-corrected chi connectivity index (χ3v) is 4.27. The number of amides is 1. The van der Waals surface area contributed by atoms with E-state index in [4.69, 9.17) is 4.74 Å². The number of halogens is 1. The molecule has 24 heavy (non-hydrogen) atoms. The number of carbonyl (C=O) groups is 1. The van der Waals surface area contributed by atoms with Crippen LogP contribution in [-0.2, 0) is 4.74 Å². The van der Waals surface area contributed by atoms with Gasteiger partial charge in [-0.05, 0) is 32.9 Å². The first-order chi connectivity index (χ1) is 11.5. The number of nitrogens with zero attached hydrogens (tertiary/aromatic N) is 2. The molecule has 1 aromatic rings. The Morgan fingerprint density at radius 2 is 2.08 bits per heavy atom. The lowest BCUT2D eigenvalue weighted by molar-refractivity contribution is -0.898. The highest BCUT2D eigenvalue weighted by atomic mass is 19.1. The van der Waals surface area contributed by atoms with Crippen LogP contribution in [0.4, 0.5) is 14.9 Å². The second-order valence-corrected chi connectivity index (χ2v) is 5.79. The molecule has 2 N–H and O–H groups in total. The Bertz CT molecular complexity index is 598. The van der Waals surface area contributed by atoms with Crippen LogP contribution in [0.2, 0.25) is 0 Å². The maximum absolute atomic E-state index is 14.5. The molecule has 1 aromatic carbocycles. The number of nitrogens with one attached hydrogen (secondary N) is 2. The minimum Gasteiger partial charge on any atom is -0.449 e. The SMILES string of the molecule is CCOC(=O)N/N=C(/C)c1ccc(N2CC[NH+](CC)CC2)c(F)c1. The number of quaternary nitrogens is 1. The van der Waals surface area contributed by atoms with Gasteiger partial charge in [-0.3, -0.25) is 0 Å². The van der Waals surface area contributed by atoms with Gasteiger partial charge in [0.1, 0.15) is 5.82 Å². The van der Waals surface area contributed by atoms with Gasteiger partial charge in [0.15, 0.2) is 0 Å². The minimum atomic E-state index is -0.620. The van der Waals surface area contributed by atoms with E-state index in [9.17, 15) is 9.18 Å². The molecule has 0 saturated carbocycles. The largest absolute Gasteiger partial charge is 0.449 e. The third kappa shape index (κ3) is 4.67. The minimum absolute atomic E-state index is 0.266. The number of hydrogen-bond donors (Lipinski definition) is 2. The number of hydrazone groups is 1. The highest BCUT2D eigenvalue weighted by Crippen LogP contribution is 2.21. The summed E-state index contributed by atoms with van der Waals surface area (Å²) < 4.78 is 19.2. The molecular formula is C17H26FN4O2+. The van der Waals surface area contributed by atoms with Crippen molar-refractivity contribution < 1.29 is 18.8 Å². The number of carbonyl (C=O) groups excluding carboxylic acids is 1. The van der Waals surface area contributed by atoms with Crippen LogP contribution in [0.25, 0.3) is 0 Å². The number of piperazine rings is 1. The van der Waals surface area contributed by atoms with Crippen molar-refractivity contribution in [3.8, 4) is 0 Å². The summed E-state index contributed by atoms with van der Waals surface area (Å²) in [5.41, 5.74) is 4.06. The monoisotopic (exact) mass is 337 g/mol. The Balaban J connectivity index is 2.04. The van der Waals surface area contributed by atoms with Crippen LogP contribution < -0.4 is 15.2 Å². The quantitative estimate of drug-likeness (QED) is 0.623. The van der Waals surface area contributed by atoms with Gasteiger partial charge in [0.05, 0.1) is 50.7 Å². The van der Waals surface area contributed by atoms with Crippen molar-refractivity contribution in [1.29, 1.82) is 0 Å². The van der Waals surface area contributed by atoms with Crippen LogP contribution >= 0.6 is 0 Å². The lowest BCUT2D eigenvalue weighted by atomic mass is 10.1. The standard InChI is InChI=1S/C17H25FN4O2/c1-4-21-8-10-22(11-9-21)16-7-6-14(12-15(16)18)13(3)19-20-17(23)24-5-2/h6-7,12H,4-5,8-11H2,1-3H3,(H,20,23)/p+1/b19-13-. The van der Waals surface area contributed by atoms with Gasteiger partial charge >= 0.3 is 6.09 Å². The number of anilines is 1. The van der Waals surface area contributed by atoms with E-state index in [2.05, 4.69) is 22.4 Å². The molecule has 1 amide bonds. The van der Waals surface area contributed by atoms with E-state index < -0.39 is 6.09 Å². The molecule has 0 spiro atoms. The zero-order chi connectivity index (χ0) is 17.5. The van der Waals surface area contributed by atoms with Crippen LogP contribution in [0.15, 0.2) is 23.3 Å². The molecule has 1 saturated heterocycles. The molecule has 0 aromatic heterocycles. The maximum atomic E-state index is 14.5. The van der Waals surface area contributed by atoms with Gasteiger partial charge in [-0.15, -0.1) is 0 Å². The summed E-state index contributed by atoms with van der Waals surface area (Å²) in [5, 5.41) is 3.93. The Kier molecular flexibility index (Phi) is 6.54. The summed E-state index contributed by atoms with van der Waals surface area (Å²) in [6.45, 7) is 10.8. The van der Waals surface area contributed by atoms with Crippen molar-refractivity contribution >= 4 is 17.5 Å². The molecule has 0 radical (unpaired) electrons. The summed E-state index contributed by atoms with van der Waals surface area (Å²) in [6.07, 6.45) is -0.620. The molecular weight excluding hydrogens is 311 g/mol. The van der Waals surface area contributed by atoms with Gasteiger partial charge in [-0.2, -0.15) is 5.10 Å². The summed E-state index contributed by atoms with van der Waals surface area (Å²) in [5.74, 6) is -0.266. The Morgan fingerprint density at radius 3 is 2.67 bits per heavy atom. The lowest BCUT2D eigenvalue weighted by Gasteiger charge is -2.33. The van der Waals surface area contributed by atoms with E-state index in [1.165, 1.54) is 6.07 Å². The Morgan fingerprint density at radius 1 is 1.38 bits per heavy atom. The van der Waals surface area contributed by atoms with Gasteiger partial charge in [0.25, 0.3) is 0 Å². The molecule has 6 nitrogen and oxygen atoms in total. The molecule has 1 heterocycles. The lowest BCUT2D eigenvalue weighted by Crippen LogP contribution is -3.14. The fraction of sp³-hybridized carbons (Fsp3) is 0.529. The first-order valence-corrected chi connectivity index (χ1v) is 8.40. The Labute approximate surface area is 142 Å². The van der Waals surface area contributed by atoms with Crippen molar-refractivity contribution in [2.45, 2.75) is 20.8 Å². The average molecular weight is 337 g/mol. The molecule has 0 bridgehead atoms. The van der Waals surface area contributed by atoms with Gasteiger partial charge in [-0.1, -0.05) is 6.07 Å². The summed E-state index contributed by atoms with van der Waals surface area (Å²) in [6, 6.07) is 5.06. The first kappa shape index (κ1) is 18.2. The number of likely N-dealkylation sites (N-methyl/N-ethyl adjacent to an activating group) is 1. The van der Waals surface area contributed by atoms with E-state index >= 15 is 0 Å². The van der Waals surface area contributed by atoms with Crippen LogP contribution in [0, 0.1) is 5.82 Å². The van der Waals surface area contributed by atoms with E-state index in [0.29, 0.717) is 17.0 Å². The van der Waals surface area contributed by atoms with Crippen molar-refractivity contribution in [2.75, 3.05) is 44.2 Å². The smallest absolute Gasteiger partial charge is 0.427 e. The van der Waals surface area contributed by atoms with E-state index in [-0.39, 0.29) is 12.4 Å². The predicted molar refractivity (Wildman–Crippen MR) is 92.2 cm³/mol. The normalized spacial score (nSPS) is 16.2. The molecule has 2 rings (SSSR count). The fourth-order valence-corrected chi connectivity index (χ4v) is 2.76. The van der Waals surface area contributed by atoms with E-state index in [1.807, 2.05) is 6.07 Å². The van der Waals surface area contributed by atoms with Crippen LogP contribution in [-0.4, -0.2) is 51.1 Å². The van der Waals surface area contributed by atoms with Gasteiger partial charge in [0.2, 0.25) is 0 Å². The van der Waals surface area contributed by atoms with Crippen molar-refractivity contribution in [2.24, 2.45) is 5.10 Å². The zero-order valence-corrected chi connectivity index (χ0v) is 14.6. The van der Waals surface area contributed by atoms with Crippen molar-refractivity contribution in [3.05, 3.63) is 29.6 Å². The highest BCUT2D eigenvalue weighted by molar-refractivity contribution is 5.99. The third-order valence-electron chi connectivity index (χ3n) is 4.27. The molecule has 0 aliphatic carbocycles. The topological polar surface area (TPSA) is 58.4 Å². The van der Waals surface area contributed by atoms with E-state index in [1.54, 1.807) is 24.8 Å². The predicted octanol–water partition coefficient (Wildman–Crippen LogP) is 1.02. The summed E-state index contributed by atoms with van der Waals surface area (Å²) in [4.78, 5) is 14.9. The molecule has 1 aliphatic rings. The van der Waals surface area contributed by atoms with Gasteiger partial charge in [0, 0.05) is 5.56 Å². The summed E-state index contributed by atoms with van der Waals surface area (Å²) in [7, 11) is 0. The molecule has 1 aliphatic heterocycles. The van der Waals surface area contributed by atoms with Crippen molar-refractivity contribution in [1.82, 2.24) is 5.43 Å². The fourth-order valence-electron chi connectivity index (χ4n) is 2.76. The molecule has 7 heteroatoms. The number of ether oxygens (including phenoxy) is 1. The second kappa shape index (κ2) is 8.63. The number of rotatable bonds is 5. The van der Waals surface area contributed by atoms with Gasteiger partial charge in [-0.25, -0.2) is 14.6 Å². The van der Waals surface area contributed by atoms with Crippen molar-refractivity contribution in [3.63, 3.8) is 0 Å². The molecule has 132 valence electrons. The first-order valence-electron chi connectivity index (χ1n) is 8.40. The molecule has 1 fully saturated rings. The maximum Gasteiger partial charge on any atom is 0.427 e.